The molecule has 1 rings (SSSR count). The summed E-state index contributed by atoms with van der Waals surface area (Å²) < 4.78 is 5.16. The van der Waals surface area contributed by atoms with Gasteiger partial charge in [-0.2, -0.15) is 0 Å². The van der Waals surface area contributed by atoms with E-state index in [1.54, 1.807) is 7.11 Å². The van der Waals surface area contributed by atoms with Crippen LogP contribution in [0.2, 0.25) is 0 Å². The molecule has 5 nitrogen and oxygen atoms in total. The Morgan fingerprint density at radius 3 is 2.25 bits per heavy atom. The predicted molar refractivity (Wildman–Crippen MR) is 84.4 cm³/mol. The first-order chi connectivity index (χ1) is 9.39. The summed E-state index contributed by atoms with van der Waals surface area (Å²) in [7, 11) is 1.74. The Balaban J connectivity index is 2.77. The zero-order valence-electron chi connectivity index (χ0n) is 13.6. The Bertz CT molecular complexity index is 432. The molecule has 0 radical (unpaired) electrons. The van der Waals surface area contributed by atoms with Crippen LogP contribution in [0.5, 0.6) is 0 Å². The van der Waals surface area contributed by atoms with Crippen LogP contribution in [0.15, 0.2) is 0 Å². The Hall–Kier alpha value is -1.36. The molecule has 0 fully saturated rings. The van der Waals surface area contributed by atoms with Crippen LogP contribution >= 0.6 is 0 Å². The van der Waals surface area contributed by atoms with E-state index in [1.165, 1.54) is 0 Å². The van der Waals surface area contributed by atoms with Crippen molar-refractivity contribution in [3.05, 3.63) is 11.4 Å². The molecule has 0 saturated carbocycles. The van der Waals surface area contributed by atoms with E-state index in [2.05, 4.69) is 41.4 Å². The van der Waals surface area contributed by atoms with E-state index in [1.807, 2.05) is 13.8 Å². The van der Waals surface area contributed by atoms with Gasteiger partial charge in [0, 0.05) is 32.4 Å². The van der Waals surface area contributed by atoms with Gasteiger partial charge in [0.05, 0.1) is 0 Å². The number of methoxy groups -OCH3 is 1. The number of hydrogen-bond donors (Lipinski definition) is 2. The van der Waals surface area contributed by atoms with Gasteiger partial charge in [-0.15, -0.1) is 0 Å². The van der Waals surface area contributed by atoms with E-state index in [0.29, 0.717) is 0 Å². The van der Waals surface area contributed by atoms with E-state index in [-0.39, 0.29) is 5.41 Å². The van der Waals surface area contributed by atoms with Gasteiger partial charge in [-0.1, -0.05) is 13.8 Å². The quantitative estimate of drug-likeness (QED) is 0.766. The first-order valence-corrected chi connectivity index (χ1v) is 7.21. The summed E-state index contributed by atoms with van der Waals surface area (Å²) in [6.45, 7) is 13.0. The Morgan fingerprint density at radius 2 is 1.70 bits per heavy atom. The highest BCUT2D eigenvalue weighted by atomic mass is 16.5. The number of rotatable bonds is 8. The van der Waals surface area contributed by atoms with Crippen LogP contribution in [-0.4, -0.2) is 36.8 Å². The van der Waals surface area contributed by atoms with E-state index in [9.17, 15) is 0 Å². The Labute approximate surface area is 122 Å². The maximum atomic E-state index is 5.16. The summed E-state index contributed by atoms with van der Waals surface area (Å²) in [5.41, 5.74) is 1.24. The lowest BCUT2D eigenvalue weighted by molar-refractivity contribution is 0.157. The molecule has 20 heavy (non-hydrogen) atoms. The van der Waals surface area contributed by atoms with Crippen LogP contribution in [0.3, 0.4) is 0 Å². The van der Waals surface area contributed by atoms with Gasteiger partial charge in [-0.05, 0) is 32.6 Å². The molecule has 1 aromatic heterocycles. The van der Waals surface area contributed by atoms with Gasteiger partial charge < -0.3 is 15.4 Å². The van der Waals surface area contributed by atoms with Gasteiger partial charge >= 0.3 is 0 Å². The molecule has 1 heterocycles. The average Bonchev–Trinajstić information content (AvgIpc) is 2.39. The molecule has 1 aromatic rings. The smallest absolute Gasteiger partial charge is 0.134 e. The first kappa shape index (κ1) is 16.7. The fourth-order valence-corrected chi connectivity index (χ4v) is 1.93. The highest BCUT2D eigenvalue weighted by molar-refractivity contribution is 5.57. The third kappa shape index (κ3) is 4.96. The van der Waals surface area contributed by atoms with Crippen LogP contribution in [0.4, 0.5) is 11.6 Å². The molecule has 0 aliphatic rings. The second kappa shape index (κ2) is 7.43. The van der Waals surface area contributed by atoms with E-state index in [0.717, 1.165) is 49.1 Å². The maximum absolute atomic E-state index is 5.16. The number of nitrogens with one attached hydrogen (secondary N) is 2. The zero-order chi connectivity index (χ0) is 15.2. The first-order valence-electron chi connectivity index (χ1n) is 7.21. The zero-order valence-corrected chi connectivity index (χ0v) is 13.6. The van der Waals surface area contributed by atoms with E-state index in [4.69, 9.17) is 4.74 Å². The van der Waals surface area contributed by atoms with Crippen LogP contribution in [0.25, 0.3) is 0 Å². The van der Waals surface area contributed by atoms with Gasteiger partial charge in [0.2, 0.25) is 0 Å². The SMILES string of the molecule is CCNc1nc(C)nc(NCC(C)(C)CCOC)c1C. The van der Waals surface area contributed by atoms with Crippen molar-refractivity contribution in [3.8, 4) is 0 Å². The summed E-state index contributed by atoms with van der Waals surface area (Å²) in [4.78, 5) is 8.94. The van der Waals surface area contributed by atoms with Crippen molar-refractivity contribution in [2.24, 2.45) is 5.41 Å². The Morgan fingerprint density at radius 1 is 1.10 bits per heavy atom. The minimum atomic E-state index is 0.166. The van der Waals surface area contributed by atoms with Gasteiger partial charge in [0.1, 0.15) is 17.5 Å². The molecule has 114 valence electrons. The summed E-state index contributed by atoms with van der Waals surface area (Å²) in [6, 6.07) is 0. The largest absolute Gasteiger partial charge is 0.385 e. The lowest BCUT2D eigenvalue weighted by Crippen LogP contribution is -2.25. The second-order valence-corrected chi connectivity index (χ2v) is 5.88. The molecule has 5 heteroatoms. The third-order valence-corrected chi connectivity index (χ3v) is 3.32. The van der Waals surface area contributed by atoms with Crippen LogP contribution in [0, 0.1) is 19.3 Å². The number of hydrogen-bond acceptors (Lipinski definition) is 5. The van der Waals surface area contributed by atoms with E-state index < -0.39 is 0 Å². The number of aromatic nitrogens is 2. The molecule has 0 amide bonds. The molecule has 0 aliphatic heterocycles. The Kier molecular flexibility index (Phi) is 6.20. The average molecular weight is 280 g/mol. The minimum absolute atomic E-state index is 0.166. The lowest BCUT2D eigenvalue weighted by atomic mass is 9.89. The molecule has 0 unspecified atom stereocenters. The second-order valence-electron chi connectivity index (χ2n) is 5.88. The molecule has 0 bridgehead atoms. The summed E-state index contributed by atoms with van der Waals surface area (Å²) >= 11 is 0. The van der Waals surface area contributed by atoms with Crippen molar-refractivity contribution in [1.29, 1.82) is 0 Å². The number of ether oxygens (including phenoxy) is 1. The van der Waals surface area contributed by atoms with Crippen molar-refractivity contribution in [2.45, 2.75) is 41.0 Å². The van der Waals surface area contributed by atoms with Gasteiger partial charge in [0.15, 0.2) is 0 Å². The van der Waals surface area contributed by atoms with Crippen LogP contribution in [-0.2, 0) is 4.74 Å². The van der Waals surface area contributed by atoms with Crippen molar-refractivity contribution < 1.29 is 4.74 Å². The van der Waals surface area contributed by atoms with Crippen LogP contribution in [0.1, 0.15) is 38.6 Å². The lowest BCUT2D eigenvalue weighted by Gasteiger charge is -2.25. The summed E-state index contributed by atoms with van der Waals surface area (Å²) in [5.74, 6) is 2.61. The van der Waals surface area contributed by atoms with Crippen LogP contribution < -0.4 is 10.6 Å². The maximum Gasteiger partial charge on any atom is 0.134 e. The molecule has 0 aromatic carbocycles. The molecule has 0 saturated heterocycles. The third-order valence-electron chi connectivity index (χ3n) is 3.32. The van der Waals surface area contributed by atoms with Crippen molar-refractivity contribution in [2.75, 3.05) is 37.4 Å². The van der Waals surface area contributed by atoms with Crippen molar-refractivity contribution in [1.82, 2.24) is 9.97 Å². The molecular formula is C15H28N4O. The summed E-state index contributed by atoms with van der Waals surface area (Å²) in [5, 5.41) is 6.73. The van der Waals surface area contributed by atoms with Gasteiger partial charge in [-0.25, -0.2) is 9.97 Å². The molecule has 0 aliphatic carbocycles. The minimum Gasteiger partial charge on any atom is -0.385 e. The molecule has 2 N–H and O–H groups in total. The predicted octanol–water partition coefficient (Wildman–Crippen LogP) is 3.00. The number of nitrogens with zero attached hydrogens (tertiary/aromatic N) is 2. The monoisotopic (exact) mass is 280 g/mol. The van der Waals surface area contributed by atoms with E-state index >= 15 is 0 Å². The van der Waals surface area contributed by atoms with Gasteiger partial charge in [0.25, 0.3) is 0 Å². The summed E-state index contributed by atoms with van der Waals surface area (Å²) in [6.07, 6.45) is 1.01. The molecule has 0 spiro atoms. The topological polar surface area (TPSA) is 59.1 Å². The number of anilines is 2. The van der Waals surface area contributed by atoms with Crippen molar-refractivity contribution in [3.63, 3.8) is 0 Å². The molecular weight excluding hydrogens is 252 g/mol. The highest BCUT2D eigenvalue weighted by Gasteiger charge is 2.18. The van der Waals surface area contributed by atoms with Gasteiger partial charge in [-0.3, -0.25) is 0 Å². The van der Waals surface area contributed by atoms with Crippen molar-refractivity contribution >= 4 is 11.6 Å². The normalized spacial score (nSPS) is 11.5. The fraction of sp³-hybridized carbons (Fsp3) is 0.733. The highest BCUT2D eigenvalue weighted by Crippen LogP contribution is 2.24. The fourth-order valence-electron chi connectivity index (χ4n) is 1.93. The molecule has 0 atom stereocenters. The number of aryl methyl sites for hydroxylation is 1. The standard InChI is InChI=1S/C15H28N4O/c1-7-16-13-11(2)14(19-12(3)18-13)17-10-15(4,5)8-9-20-6/h7-10H2,1-6H3,(H2,16,17,18,19).